The molecule has 0 aliphatic heterocycles. The Hall–Kier alpha value is -0.238. The van der Waals surface area contributed by atoms with Crippen LogP contribution in [0, 0.1) is 0 Å². The molecular formula is C4H9CrO4. The second kappa shape index (κ2) is 4.62. The van der Waals surface area contributed by atoms with Crippen LogP contribution in [0.2, 0.25) is 5.79 Å². The van der Waals surface area contributed by atoms with Crippen molar-refractivity contribution in [3.05, 3.63) is 0 Å². The van der Waals surface area contributed by atoms with E-state index in [-0.39, 0.29) is 5.47 Å². The Bertz CT molecular complexity index is 94.6. The molecule has 0 unspecified atom stereocenters. The zero-order valence-corrected chi connectivity index (χ0v) is 6.56. The van der Waals surface area contributed by atoms with Gasteiger partial charge in [0.15, 0.2) is 0 Å². The molecule has 0 bridgehead atoms. The molecule has 0 aliphatic carbocycles. The number of ether oxygens (including phenoxy) is 1. The molecule has 0 spiro atoms. The summed E-state index contributed by atoms with van der Waals surface area (Å²) in [7, 11) is 1.23. The van der Waals surface area contributed by atoms with Gasteiger partial charge in [-0.15, -0.1) is 0 Å². The summed E-state index contributed by atoms with van der Waals surface area (Å²) >= 11 is -1.56. The Kier molecular flexibility index (Phi) is 4.50. The Balaban J connectivity index is 3.34. The van der Waals surface area contributed by atoms with E-state index in [1.54, 1.807) is 5.79 Å². The molecule has 0 aromatic heterocycles. The van der Waals surface area contributed by atoms with Crippen LogP contribution in [0.1, 0.15) is 0 Å². The van der Waals surface area contributed by atoms with Crippen LogP contribution in [0.5, 0.6) is 0 Å². The first-order valence-corrected chi connectivity index (χ1v) is 4.90. The second-order valence-corrected chi connectivity index (χ2v) is 3.69. The molecule has 5 heteroatoms. The molecule has 0 fully saturated rings. The van der Waals surface area contributed by atoms with E-state index in [1.807, 2.05) is 0 Å². The van der Waals surface area contributed by atoms with Gasteiger partial charge in [0.1, 0.15) is 0 Å². The number of aliphatic hydroxyl groups excluding tert-OH is 1. The van der Waals surface area contributed by atoms with Crippen LogP contribution in [0.4, 0.5) is 4.79 Å². The topological polar surface area (TPSA) is 55.8 Å². The van der Waals surface area contributed by atoms with Gasteiger partial charge < -0.3 is 0 Å². The molecule has 0 aromatic carbocycles. The van der Waals surface area contributed by atoms with Crippen LogP contribution in [0.25, 0.3) is 0 Å². The zero-order valence-electron chi connectivity index (χ0n) is 5.29. The molecule has 0 rings (SSSR count). The molecule has 55 valence electrons. The predicted octanol–water partition coefficient (Wildman–Crippen LogP) is 0.300. The molecule has 0 aromatic rings. The number of aliphatic hydroxyl groups is 1. The summed E-state index contributed by atoms with van der Waals surface area (Å²) in [5.74, 6) is 1.69. The van der Waals surface area contributed by atoms with E-state index in [1.165, 1.54) is 7.11 Å². The van der Waals surface area contributed by atoms with Crippen LogP contribution >= 0.6 is 0 Å². The standard InChI is InChI=1S/C2H4O3.CH3O.CH3.Cr/c1-5-2(3)4;1-2;;/h1H3,(H,3,4);2H,1H2;1H3;/q;;;+1/p-1. The van der Waals surface area contributed by atoms with Crippen molar-refractivity contribution in [3.63, 3.8) is 0 Å². The van der Waals surface area contributed by atoms with Gasteiger partial charge in [0.05, 0.1) is 0 Å². The van der Waals surface area contributed by atoms with Crippen LogP contribution in [-0.4, -0.2) is 23.8 Å². The molecule has 0 amide bonds. The first-order chi connectivity index (χ1) is 4.20. The SMILES string of the molecule is COC(=O)[O][Cr]([CH3])[CH2]O. The minimum atomic E-state index is -1.56. The summed E-state index contributed by atoms with van der Waals surface area (Å²) in [5, 5.41) is 8.40. The minimum absolute atomic E-state index is 0.0604. The summed E-state index contributed by atoms with van der Waals surface area (Å²) in [6, 6.07) is 0. The first-order valence-electron chi connectivity index (χ1n) is 2.20. The van der Waals surface area contributed by atoms with Gasteiger partial charge in [-0.25, -0.2) is 0 Å². The number of rotatable bonds is 2. The molecule has 0 atom stereocenters. The normalized spacial score (nSPS) is 9.33. The average Bonchev–Trinajstić information content (AvgIpc) is 1.87. The van der Waals surface area contributed by atoms with Crippen LogP contribution in [0.3, 0.4) is 0 Å². The van der Waals surface area contributed by atoms with Crippen molar-refractivity contribution < 1.29 is 32.9 Å². The fourth-order valence-corrected chi connectivity index (χ4v) is 0.728. The van der Waals surface area contributed by atoms with E-state index in [9.17, 15) is 4.79 Å². The van der Waals surface area contributed by atoms with Gasteiger partial charge >= 0.3 is 57.4 Å². The molecule has 9 heavy (non-hydrogen) atoms. The number of hydrogen-bond donors (Lipinski definition) is 1. The number of hydrogen-bond acceptors (Lipinski definition) is 4. The summed E-state index contributed by atoms with van der Waals surface area (Å²) in [4.78, 5) is 10.3. The third-order valence-electron chi connectivity index (χ3n) is 0.559. The molecule has 0 aliphatic rings. The van der Waals surface area contributed by atoms with Crippen molar-refractivity contribution in [1.29, 1.82) is 0 Å². The average molecular weight is 173 g/mol. The number of carbonyl (C=O) groups is 1. The van der Waals surface area contributed by atoms with Crippen molar-refractivity contribution in [2.75, 3.05) is 12.6 Å². The van der Waals surface area contributed by atoms with Gasteiger partial charge in [0.25, 0.3) is 0 Å². The van der Waals surface area contributed by atoms with Crippen LogP contribution in [-0.2, 0) is 23.0 Å². The van der Waals surface area contributed by atoms with Gasteiger partial charge in [-0.05, 0) is 0 Å². The van der Waals surface area contributed by atoms with Gasteiger partial charge in [0, 0.05) is 0 Å². The fourth-order valence-electron chi connectivity index (χ4n) is 0.177. The molecule has 1 N–H and O–H groups in total. The maximum absolute atomic E-state index is 10.3. The van der Waals surface area contributed by atoms with Crippen molar-refractivity contribution in [3.8, 4) is 0 Å². The summed E-state index contributed by atoms with van der Waals surface area (Å²) in [6.07, 6.45) is -0.712. The molecule has 0 saturated heterocycles. The van der Waals surface area contributed by atoms with E-state index in [0.717, 1.165) is 0 Å². The fraction of sp³-hybridized carbons (Fsp3) is 0.750. The Morgan fingerprint density at radius 1 is 1.78 bits per heavy atom. The summed E-state index contributed by atoms with van der Waals surface area (Å²) in [5.41, 5.74) is -0.0604. The number of methoxy groups -OCH3 is 1. The molecule has 0 radical (unpaired) electrons. The van der Waals surface area contributed by atoms with Crippen LogP contribution in [0.15, 0.2) is 0 Å². The summed E-state index contributed by atoms with van der Waals surface area (Å²) < 4.78 is 8.74. The molecular weight excluding hydrogens is 164 g/mol. The Labute approximate surface area is 58.1 Å². The van der Waals surface area contributed by atoms with E-state index in [0.29, 0.717) is 0 Å². The van der Waals surface area contributed by atoms with Crippen molar-refractivity contribution in [2.45, 2.75) is 5.79 Å². The summed E-state index contributed by atoms with van der Waals surface area (Å²) in [6.45, 7) is 0. The van der Waals surface area contributed by atoms with Crippen molar-refractivity contribution >= 4 is 6.16 Å². The quantitative estimate of drug-likeness (QED) is 0.610. The van der Waals surface area contributed by atoms with Gasteiger partial charge in [0.2, 0.25) is 0 Å². The van der Waals surface area contributed by atoms with Gasteiger partial charge in [-0.1, -0.05) is 0 Å². The molecule has 0 heterocycles. The maximum atomic E-state index is 10.3. The van der Waals surface area contributed by atoms with E-state index >= 15 is 0 Å². The van der Waals surface area contributed by atoms with E-state index < -0.39 is 20.6 Å². The Morgan fingerprint density at radius 2 is 2.33 bits per heavy atom. The zero-order chi connectivity index (χ0) is 7.28. The van der Waals surface area contributed by atoms with Gasteiger partial charge in [-0.2, -0.15) is 0 Å². The van der Waals surface area contributed by atoms with Gasteiger partial charge in [-0.3, -0.25) is 0 Å². The molecule has 4 nitrogen and oxygen atoms in total. The van der Waals surface area contributed by atoms with E-state index in [4.69, 9.17) is 5.11 Å². The third kappa shape index (κ3) is 4.28. The predicted molar refractivity (Wildman–Crippen MR) is 26.4 cm³/mol. The molecule has 0 saturated carbocycles. The third-order valence-corrected chi connectivity index (χ3v) is 1.78. The van der Waals surface area contributed by atoms with E-state index in [2.05, 4.69) is 8.53 Å². The Morgan fingerprint density at radius 3 is 2.67 bits per heavy atom. The van der Waals surface area contributed by atoms with Crippen molar-refractivity contribution in [1.82, 2.24) is 0 Å². The van der Waals surface area contributed by atoms with Crippen molar-refractivity contribution in [2.24, 2.45) is 0 Å². The number of carbonyl (C=O) groups excluding carboxylic acids is 1. The first kappa shape index (κ1) is 8.76. The van der Waals surface area contributed by atoms with Crippen LogP contribution < -0.4 is 0 Å². The second-order valence-electron chi connectivity index (χ2n) is 1.24. The monoisotopic (exact) mass is 173 g/mol.